The van der Waals surface area contributed by atoms with E-state index in [0.29, 0.717) is 5.88 Å². The molecule has 3 heteroatoms. The molecule has 0 amide bonds. The SMILES string of the molecule is CN(C)c1ccc(C2(CCCl)COC2)cc1. The summed E-state index contributed by atoms with van der Waals surface area (Å²) in [6, 6.07) is 8.71. The van der Waals surface area contributed by atoms with Crippen molar-refractivity contribution in [3.05, 3.63) is 29.8 Å². The van der Waals surface area contributed by atoms with Crippen LogP contribution in [0.3, 0.4) is 0 Å². The number of rotatable bonds is 4. The van der Waals surface area contributed by atoms with Gasteiger partial charge in [0.25, 0.3) is 0 Å². The van der Waals surface area contributed by atoms with E-state index >= 15 is 0 Å². The van der Waals surface area contributed by atoms with Gasteiger partial charge in [0.2, 0.25) is 0 Å². The lowest BCUT2D eigenvalue weighted by Crippen LogP contribution is -2.47. The fraction of sp³-hybridized carbons (Fsp3) is 0.538. The normalized spacial score (nSPS) is 17.9. The Balaban J connectivity index is 2.20. The number of hydrogen-bond donors (Lipinski definition) is 0. The fourth-order valence-corrected chi connectivity index (χ4v) is 2.46. The van der Waals surface area contributed by atoms with E-state index in [9.17, 15) is 0 Å². The van der Waals surface area contributed by atoms with E-state index in [2.05, 4.69) is 43.3 Å². The van der Waals surface area contributed by atoms with Crippen LogP contribution in [0.4, 0.5) is 5.69 Å². The van der Waals surface area contributed by atoms with Crippen LogP contribution in [0.2, 0.25) is 0 Å². The summed E-state index contributed by atoms with van der Waals surface area (Å²) in [5.74, 6) is 0.693. The first kappa shape index (κ1) is 11.7. The Kier molecular flexibility index (Phi) is 3.41. The van der Waals surface area contributed by atoms with Crippen LogP contribution in [0.5, 0.6) is 0 Å². The van der Waals surface area contributed by atoms with Gasteiger partial charge in [-0.2, -0.15) is 0 Å². The zero-order valence-electron chi connectivity index (χ0n) is 9.87. The zero-order valence-corrected chi connectivity index (χ0v) is 10.6. The highest BCUT2D eigenvalue weighted by Crippen LogP contribution is 2.36. The summed E-state index contributed by atoms with van der Waals surface area (Å²) >= 11 is 5.87. The summed E-state index contributed by atoms with van der Waals surface area (Å²) in [6.45, 7) is 1.61. The predicted octanol–water partition coefficient (Wildman–Crippen LogP) is 2.65. The molecule has 16 heavy (non-hydrogen) atoms. The van der Waals surface area contributed by atoms with Gasteiger partial charge in [-0.25, -0.2) is 0 Å². The minimum atomic E-state index is 0.173. The van der Waals surface area contributed by atoms with Crippen LogP contribution in [-0.4, -0.2) is 33.2 Å². The monoisotopic (exact) mass is 239 g/mol. The summed E-state index contributed by atoms with van der Waals surface area (Å²) in [4.78, 5) is 2.11. The van der Waals surface area contributed by atoms with Gasteiger partial charge in [0.1, 0.15) is 0 Å². The van der Waals surface area contributed by atoms with Gasteiger partial charge in [-0.15, -0.1) is 11.6 Å². The molecule has 0 aromatic heterocycles. The molecule has 0 bridgehead atoms. The molecule has 0 radical (unpaired) electrons. The smallest absolute Gasteiger partial charge is 0.0586 e. The molecule has 1 heterocycles. The summed E-state index contributed by atoms with van der Waals surface area (Å²) in [7, 11) is 4.10. The third-order valence-electron chi connectivity index (χ3n) is 3.33. The van der Waals surface area contributed by atoms with Crippen molar-refractivity contribution in [2.45, 2.75) is 11.8 Å². The van der Waals surface area contributed by atoms with Crippen molar-refractivity contribution in [1.82, 2.24) is 0 Å². The topological polar surface area (TPSA) is 12.5 Å². The molecular weight excluding hydrogens is 222 g/mol. The van der Waals surface area contributed by atoms with Crippen LogP contribution < -0.4 is 4.90 Å². The van der Waals surface area contributed by atoms with Crippen molar-refractivity contribution in [1.29, 1.82) is 0 Å². The second kappa shape index (κ2) is 4.64. The molecule has 0 aliphatic carbocycles. The lowest BCUT2D eigenvalue weighted by molar-refractivity contribution is -0.0615. The maximum Gasteiger partial charge on any atom is 0.0586 e. The van der Waals surface area contributed by atoms with Crippen molar-refractivity contribution in [2.75, 3.05) is 38.1 Å². The van der Waals surface area contributed by atoms with E-state index in [4.69, 9.17) is 16.3 Å². The lowest BCUT2D eigenvalue weighted by Gasteiger charge is -2.42. The molecule has 1 aromatic rings. The Labute approximate surface area is 102 Å². The maximum atomic E-state index is 5.87. The van der Waals surface area contributed by atoms with E-state index in [1.807, 2.05) is 0 Å². The number of hydrogen-bond acceptors (Lipinski definition) is 2. The Morgan fingerprint density at radius 1 is 1.25 bits per heavy atom. The van der Waals surface area contributed by atoms with E-state index in [-0.39, 0.29) is 5.41 Å². The standard InChI is InChI=1S/C13H18ClNO/c1-15(2)12-5-3-11(4-6-12)13(7-8-14)9-16-10-13/h3-6H,7-10H2,1-2H3. The van der Waals surface area contributed by atoms with Gasteiger partial charge in [0, 0.05) is 31.1 Å². The largest absolute Gasteiger partial charge is 0.379 e. The van der Waals surface area contributed by atoms with Gasteiger partial charge < -0.3 is 9.64 Å². The van der Waals surface area contributed by atoms with Crippen molar-refractivity contribution < 1.29 is 4.74 Å². The number of halogens is 1. The van der Waals surface area contributed by atoms with Crippen molar-refractivity contribution in [2.24, 2.45) is 0 Å². The van der Waals surface area contributed by atoms with Crippen molar-refractivity contribution >= 4 is 17.3 Å². The summed E-state index contributed by atoms with van der Waals surface area (Å²) in [6.07, 6.45) is 0.996. The molecule has 88 valence electrons. The first-order valence-corrected chi connectivity index (χ1v) is 6.13. The quantitative estimate of drug-likeness (QED) is 0.749. The number of anilines is 1. The number of benzene rings is 1. The van der Waals surface area contributed by atoms with Crippen LogP contribution in [-0.2, 0) is 10.2 Å². The third kappa shape index (κ3) is 2.04. The second-order valence-corrected chi connectivity index (χ2v) is 5.03. The molecule has 0 unspecified atom stereocenters. The maximum absolute atomic E-state index is 5.87. The van der Waals surface area contributed by atoms with Crippen LogP contribution in [0.25, 0.3) is 0 Å². The van der Waals surface area contributed by atoms with E-state index in [1.165, 1.54) is 11.3 Å². The van der Waals surface area contributed by atoms with Gasteiger partial charge in [0.05, 0.1) is 13.2 Å². The van der Waals surface area contributed by atoms with Gasteiger partial charge >= 0.3 is 0 Å². The molecule has 1 aliphatic heterocycles. The highest BCUT2D eigenvalue weighted by Gasteiger charge is 2.39. The molecule has 2 rings (SSSR count). The van der Waals surface area contributed by atoms with Gasteiger partial charge in [-0.05, 0) is 24.1 Å². The molecule has 0 spiro atoms. The van der Waals surface area contributed by atoms with Crippen LogP contribution in [0.1, 0.15) is 12.0 Å². The summed E-state index contributed by atoms with van der Waals surface area (Å²) in [5, 5.41) is 0. The number of alkyl halides is 1. The molecule has 1 aromatic carbocycles. The van der Waals surface area contributed by atoms with Gasteiger partial charge in [0.15, 0.2) is 0 Å². The Hall–Kier alpha value is -0.730. The summed E-state index contributed by atoms with van der Waals surface area (Å²) in [5.41, 5.74) is 2.75. The highest BCUT2D eigenvalue weighted by atomic mass is 35.5. The van der Waals surface area contributed by atoms with Crippen LogP contribution in [0.15, 0.2) is 24.3 Å². The van der Waals surface area contributed by atoms with E-state index < -0.39 is 0 Å². The minimum Gasteiger partial charge on any atom is -0.379 e. The first-order chi connectivity index (χ1) is 7.68. The van der Waals surface area contributed by atoms with Crippen LogP contribution in [0, 0.1) is 0 Å². The van der Waals surface area contributed by atoms with Gasteiger partial charge in [-0.3, -0.25) is 0 Å². The molecule has 1 saturated heterocycles. The van der Waals surface area contributed by atoms with Gasteiger partial charge in [-0.1, -0.05) is 12.1 Å². The fourth-order valence-electron chi connectivity index (χ4n) is 2.10. The lowest BCUT2D eigenvalue weighted by atomic mass is 9.76. The van der Waals surface area contributed by atoms with Crippen molar-refractivity contribution in [3.63, 3.8) is 0 Å². The highest BCUT2D eigenvalue weighted by molar-refractivity contribution is 6.17. The molecule has 0 saturated carbocycles. The van der Waals surface area contributed by atoms with E-state index in [0.717, 1.165) is 19.6 Å². The molecule has 0 atom stereocenters. The molecule has 2 nitrogen and oxygen atoms in total. The average Bonchev–Trinajstić information content (AvgIpc) is 2.23. The average molecular weight is 240 g/mol. The molecular formula is C13H18ClNO. The Morgan fingerprint density at radius 2 is 1.88 bits per heavy atom. The third-order valence-corrected chi connectivity index (χ3v) is 3.51. The zero-order chi connectivity index (χ0) is 11.6. The molecule has 1 fully saturated rings. The molecule has 0 N–H and O–H groups in total. The predicted molar refractivity (Wildman–Crippen MR) is 68.6 cm³/mol. The first-order valence-electron chi connectivity index (χ1n) is 5.59. The minimum absolute atomic E-state index is 0.173. The second-order valence-electron chi connectivity index (χ2n) is 4.65. The van der Waals surface area contributed by atoms with Crippen molar-refractivity contribution in [3.8, 4) is 0 Å². The Morgan fingerprint density at radius 3 is 2.25 bits per heavy atom. The molecule has 1 aliphatic rings. The number of nitrogens with zero attached hydrogens (tertiary/aromatic N) is 1. The van der Waals surface area contributed by atoms with Crippen LogP contribution >= 0.6 is 11.6 Å². The Bertz CT molecular complexity index is 343. The summed E-state index contributed by atoms with van der Waals surface area (Å²) < 4.78 is 5.35. The van der Waals surface area contributed by atoms with E-state index in [1.54, 1.807) is 0 Å². The number of ether oxygens (including phenoxy) is 1.